The van der Waals surface area contributed by atoms with E-state index in [1.54, 1.807) is 0 Å². The molecule has 0 saturated heterocycles. The molecule has 0 aliphatic carbocycles. The molecule has 0 aliphatic heterocycles. The highest BCUT2D eigenvalue weighted by Crippen LogP contribution is 2.29. The molecule has 0 unspecified atom stereocenters. The van der Waals surface area contributed by atoms with Gasteiger partial charge in [0, 0.05) is 0 Å². The standard InChI is InChI=1S/C10H14O.C9H9F3/c1-2-3-9-4-6-10(8-11)7-5-9;1-2-7-3-5-8(6-4-7)9(10,11)12/h4-7,11H,2-3,8H2,1H3;3-6H,2H2,1H3. The number of aliphatic hydroxyl groups is 1. The van der Waals surface area contributed by atoms with E-state index in [0.29, 0.717) is 0 Å². The molecular weight excluding hydrogens is 301 g/mol. The van der Waals surface area contributed by atoms with Gasteiger partial charge in [0.1, 0.15) is 0 Å². The highest BCUT2D eigenvalue weighted by Gasteiger charge is 2.29. The Balaban J connectivity index is 0.000000231. The van der Waals surface area contributed by atoms with E-state index in [2.05, 4.69) is 19.1 Å². The number of hydrogen-bond acceptors (Lipinski definition) is 1. The number of alkyl halides is 3. The minimum Gasteiger partial charge on any atom is -0.392 e. The lowest BCUT2D eigenvalue weighted by Crippen LogP contribution is -2.04. The Morgan fingerprint density at radius 3 is 1.65 bits per heavy atom. The summed E-state index contributed by atoms with van der Waals surface area (Å²) in [5.41, 5.74) is 2.68. The van der Waals surface area contributed by atoms with Crippen molar-refractivity contribution in [3.8, 4) is 0 Å². The maximum Gasteiger partial charge on any atom is 0.416 e. The number of halogens is 3. The largest absolute Gasteiger partial charge is 0.416 e. The first-order valence-electron chi connectivity index (χ1n) is 7.75. The minimum atomic E-state index is -4.22. The molecule has 1 N–H and O–H groups in total. The summed E-state index contributed by atoms with van der Waals surface area (Å²) < 4.78 is 36.1. The average Bonchev–Trinajstić information content (AvgIpc) is 2.56. The van der Waals surface area contributed by atoms with Crippen molar-refractivity contribution >= 4 is 0 Å². The Labute approximate surface area is 135 Å². The molecule has 2 aromatic rings. The number of benzene rings is 2. The van der Waals surface area contributed by atoms with E-state index in [4.69, 9.17) is 5.11 Å². The fourth-order valence-electron chi connectivity index (χ4n) is 2.03. The van der Waals surface area contributed by atoms with Gasteiger partial charge in [0.05, 0.1) is 12.2 Å². The molecule has 2 aromatic carbocycles. The number of aryl methyl sites for hydroxylation is 2. The van der Waals surface area contributed by atoms with Crippen LogP contribution in [0.15, 0.2) is 48.5 Å². The Bertz CT molecular complexity index is 557. The van der Waals surface area contributed by atoms with E-state index >= 15 is 0 Å². The molecule has 0 fully saturated rings. The third-order valence-electron chi connectivity index (χ3n) is 3.43. The smallest absolute Gasteiger partial charge is 0.392 e. The Hall–Kier alpha value is -1.81. The van der Waals surface area contributed by atoms with E-state index in [9.17, 15) is 13.2 Å². The van der Waals surface area contributed by atoms with Crippen LogP contribution in [0.3, 0.4) is 0 Å². The van der Waals surface area contributed by atoms with Gasteiger partial charge in [-0.15, -0.1) is 0 Å². The van der Waals surface area contributed by atoms with Crippen LogP contribution >= 0.6 is 0 Å². The van der Waals surface area contributed by atoms with Crippen molar-refractivity contribution in [2.45, 2.75) is 45.9 Å². The third kappa shape index (κ3) is 6.87. The van der Waals surface area contributed by atoms with Crippen molar-refractivity contribution < 1.29 is 18.3 Å². The maximum atomic E-state index is 12.0. The molecule has 23 heavy (non-hydrogen) atoms. The second-order valence-electron chi connectivity index (χ2n) is 5.27. The van der Waals surface area contributed by atoms with Crippen molar-refractivity contribution in [2.24, 2.45) is 0 Å². The van der Waals surface area contributed by atoms with Gasteiger partial charge in [-0.2, -0.15) is 13.2 Å². The maximum absolute atomic E-state index is 12.0. The SMILES string of the molecule is CCCc1ccc(CO)cc1.CCc1ccc(C(F)(F)F)cc1. The zero-order chi connectivity index (χ0) is 17.3. The topological polar surface area (TPSA) is 20.2 Å². The molecular formula is C19H23F3O. The summed E-state index contributed by atoms with van der Waals surface area (Å²) in [6.45, 7) is 4.22. The van der Waals surface area contributed by atoms with Gasteiger partial charge in [0.15, 0.2) is 0 Å². The van der Waals surface area contributed by atoms with Crippen molar-refractivity contribution in [2.75, 3.05) is 0 Å². The number of hydrogen-bond donors (Lipinski definition) is 1. The van der Waals surface area contributed by atoms with Gasteiger partial charge in [0.25, 0.3) is 0 Å². The first-order chi connectivity index (χ1) is 10.9. The second-order valence-corrected chi connectivity index (χ2v) is 5.27. The number of aliphatic hydroxyl groups excluding tert-OH is 1. The van der Waals surface area contributed by atoms with Gasteiger partial charge in [0.2, 0.25) is 0 Å². The highest BCUT2D eigenvalue weighted by atomic mass is 19.4. The molecule has 0 atom stereocenters. The number of rotatable bonds is 4. The van der Waals surface area contributed by atoms with E-state index in [0.717, 1.165) is 36.1 Å². The molecule has 0 amide bonds. The molecule has 0 bridgehead atoms. The van der Waals surface area contributed by atoms with Gasteiger partial charge < -0.3 is 5.11 Å². The summed E-state index contributed by atoms with van der Waals surface area (Å²) >= 11 is 0. The quantitative estimate of drug-likeness (QED) is 0.798. The third-order valence-corrected chi connectivity index (χ3v) is 3.43. The van der Waals surface area contributed by atoms with E-state index in [-0.39, 0.29) is 6.61 Å². The van der Waals surface area contributed by atoms with Crippen LogP contribution in [-0.2, 0) is 25.6 Å². The predicted octanol–water partition coefficient (Wildman–Crippen LogP) is 5.40. The zero-order valence-electron chi connectivity index (χ0n) is 13.5. The Kier molecular flexibility index (Phi) is 7.83. The fourth-order valence-corrected chi connectivity index (χ4v) is 2.03. The van der Waals surface area contributed by atoms with Gasteiger partial charge in [-0.1, -0.05) is 56.7 Å². The van der Waals surface area contributed by atoms with Crippen LogP contribution in [0.2, 0.25) is 0 Å². The molecule has 1 nitrogen and oxygen atoms in total. The van der Waals surface area contributed by atoms with Crippen molar-refractivity contribution in [1.29, 1.82) is 0 Å². The van der Waals surface area contributed by atoms with Crippen molar-refractivity contribution in [1.82, 2.24) is 0 Å². The summed E-state index contributed by atoms with van der Waals surface area (Å²) in [7, 11) is 0. The first kappa shape index (κ1) is 19.2. The molecule has 0 saturated carbocycles. The van der Waals surface area contributed by atoms with Gasteiger partial charge in [-0.25, -0.2) is 0 Å². The molecule has 0 radical (unpaired) electrons. The summed E-state index contributed by atoms with van der Waals surface area (Å²) in [6.07, 6.45) is -1.14. The molecule has 126 valence electrons. The van der Waals surface area contributed by atoms with Crippen molar-refractivity contribution in [3.63, 3.8) is 0 Å². The fraction of sp³-hybridized carbons (Fsp3) is 0.368. The lowest BCUT2D eigenvalue weighted by atomic mass is 10.1. The van der Waals surface area contributed by atoms with E-state index in [1.165, 1.54) is 24.1 Å². The van der Waals surface area contributed by atoms with Crippen LogP contribution in [0.1, 0.15) is 42.5 Å². The van der Waals surface area contributed by atoms with Gasteiger partial charge >= 0.3 is 6.18 Å². The first-order valence-corrected chi connectivity index (χ1v) is 7.75. The molecule has 2 rings (SSSR count). The zero-order valence-corrected chi connectivity index (χ0v) is 13.5. The van der Waals surface area contributed by atoms with Crippen LogP contribution < -0.4 is 0 Å². The van der Waals surface area contributed by atoms with Crippen LogP contribution in [-0.4, -0.2) is 5.11 Å². The summed E-state index contributed by atoms with van der Waals surface area (Å²) in [5, 5.41) is 8.76. The van der Waals surface area contributed by atoms with Gasteiger partial charge in [-0.05, 0) is 41.7 Å². The van der Waals surface area contributed by atoms with E-state index in [1.807, 2.05) is 19.1 Å². The van der Waals surface area contributed by atoms with Crippen LogP contribution in [0.5, 0.6) is 0 Å². The molecule has 4 heteroatoms. The molecule has 0 spiro atoms. The monoisotopic (exact) mass is 324 g/mol. The molecule has 0 heterocycles. The van der Waals surface area contributed by atoms with E-state index < -0.39 is 11.7 Å². The summed E-state index contributed by atoms with van der Waals surface area (Å²) in [4.78, 5) is 0. The summed E-state index contributed by atoms with van der Waals surface area (Å²) in [5.74, 6) is 0. The Morgan fingerprint density at radius 2 is 1.26 bits per heavy atom. The second kappa shape index (κ2) is 9.36. The normalized spacial score (nSPS) is 10.9. The van der Waals surface area contributed by atoms with Crippen LogP contribution in [0.4, 0.5) is 13.2 Å². The lowest BCUT2D eigenvalue weighted by Gasteiger charge is -2.06. The van der Waals surface area contributed by atoms with Crippen LogP contribution in [0, 0.1) is 0 Å². The summed E-state index contributed by atoms with van der Waals surface area (Å²) in [6, 6.07) is 13.3. The van der Waals surface area contributed by atoms with Crippen molar-refractivity contribution in [3.05, 3.63) is 70.8 Å². The minimum absolute atomic E-state index is 0.145. The van der Waals surface area contributed by atoms with Crippen LogP contribution in [0.25, 0.3) is 0 Å². The lowest BCUT2D eigenvalue weighted by molar-refractivity contribution is -0.137. The van der Waals surface area contributed by atoms with Gasteiger partial charge in [-0.3, -0.25) is 0 Å². The Morgan fingerprint density at radius 1 is 0.783 bits per heavy atom. The predicted molar refractivity (Wildman–Crippen MR) is 87.2 cm³/mol. The average molecular weight is 324 g/mol. The molecule has 0 aromatic heterocycles. The highest BCUT2D eigenvalue weighted by molar-refractivity contribution is 5.24. The molecule has 0 aliphatic rings.